The normalized spacial score (nSPS) is 14.7. The smallest absolute Gasteiger partial charge is 0.260 e. The van der Waals surface area contributed by atoms with Gasteiger partial charge >= 0.3 is 0 Å². The monoisotopic (exact) mass is 608 g/mol. The van der Waals surface area contributed by atoms with Gasteiger partial charge in [-0.15, -0.1) is 11.8 Å². The Labute approximate surface area is 244 Å². The van der Waals surface area contributed by atoms with E-state index in [2.05, 4.69) is 11.0 Å². The number of aromatic nitrogens is 1. The molecule has 0 aliphatic carbocycles. The van der Waals surface area contributed by atoms with Gasteiger partial charge in [-0.2, -0.15) is 4.31 Å². The maximum atomic E-state index is 13.8. The molecule has 1 aromatic heterocycles. The lowest BCUT2D eigenvalue weighted by molar-refractivity contribution is 0.0391. The molecule has 10 nitrogen and oxygen atoms in total. The van der Waals surface area contributed by atoms with E-state index in [1.165, 1.54) is 42.0 Å². The minimum atomic E-state index is -3.79. The number of methoxy groups -OCH3 is 2. The summed E-state index contributed by atoms with van der Waals surface area (Å²) in [5, 5.41) is 0.619. The zero-order valence-electron chi connectivity index (χ0n) is 23.1. The van der Waals surface area contributed by atoms with Crippen molar-refractivity contribution in [1.82, 2.24) is 14.2 Å². The number of anilines is 1. The van der Waals surface area contributed by atoms with Crippen molar-refractivity contribution in [1.29, 1.82) is 0 Å². The van der Waals surface area contributed by atoms with Gasteiger partial charge in [0.2, 0.25) is 10.0 Å². The van der Waals surface area contributed by atoms with Crippen molar-refractivity contribution in [2.24, 2.45) is 0 Å². The van der Waals surface area contributed by atoms with E-state index in [0.717, 1.165) is 28.2 Å². The van der Waals surface area contributed by atoms with Crippen LogP contribution in [0.2, 0.25) is 0 Å². The van der Waals surface area contributed by atoms with Crippen LogP contribution in [0.15, 0.2) is 52.3 Å². The number of amides is 1. The highest BCUT2D eigenvalue weighted by atomic mass is 32.2. The zero-order chi connectivity index (χ0) is 28.5. The Bertz CT molecular complexity index is 1350. The number of carbonyl (C=O) groups excluding carboxylic acids is 1. The van der Waals surface area contributed by atoms with Gasteiger partial charge in [0.1, 0.15) is 0 Å². The minimum absolute atomic E-state index is 0.112. The Morgan fingerprint density at radius 1 is 1.05 bits per heavy atom. The molecule has 1 fully saturated rings. The van der Waals surface area contributed by atoms with Crippen molar-refractivity contribution < 1.29 is 27.4 Å². The number of hydrogen-bond acceptors (Lipinski definition) is 10. The number of carbonyl (C=O) groups is 1. The van der Waals surface area contributed by atoms with Crippen molar-refractivity contribution in [2.45, 2.75) is 9.79 Å². The first-order valence-corrected chi connectivity index (χ1v) is 16.5. The van der Waals surface area contributed by atoms with Crippen LogP contribution in [-0.4, -0.2) is 115 Å². The van der Waals surface area contributed by atoms with E-state index >= 15 is 0 Å². The summed E-state index contributed by atoms with van der Waals surface area (Å²) in [7, 11) is -0.737. The van der Waals surface area contributed by atoms with E-state index in [1.54, 1.807) is 28.8 Å². The molecule has 0 spiro atoms. The first-order valence-electron chi connectivity index (χ1n) is 13.0. The van der Waals surface area contributed by atoms with Crippen molar-refractivity contribution in [2.75, 3.05) is 91.1 Å². The van der Waals surface area contributed by atoms with Crippen LogP contribution in [0.1, 0.15) is 10.4 Å². The molecule has 13 heteroatoms. The van der Waals surface area contributed by atoms with Crippen LogP contribution in [0, 0.1) is 0 Å². The van der Waals surface area contributed by atoms with Gasteiger partial charge in [0.05, 0.1) is 41.5 Å². The Morgan fingerprint density at radius 3 is 2.35 bits per heavy atom. The molecular formula is C27H36N4O6S3. The third-order valence-corrected chi connectivity index (χ3v) is 10.3. The molecule has 218 valence electrons. The summed E-state index contributed by atoms with van der Waals surface area (Å²) in [4.78, 5) is 23.8. The van der Waals surface area contributed by atoms with Crippen molar-refractivity contribution in [3.05, 3.63) is 48.0 Å². The summed E-state index contributed by atoms with van der Waals surface area (Å²) >= 11 is 3.14. The lowest BCUT2D eigenvalue weighted by atomic mass is 10.2. The first kappa shape index (κ1) is 30.8. The zero-order valence-corrected chi connectivity index (χ0v) is 25.5. The molecule has 0 atom stereocenters. The number of nitrogens with zero attached hydrogens (tertiary/aromatic N) is 4. The van der Waals surface area contributed by atoms with E-state index < -0.39 is 10.0 Å². The van der Waals surface area contributed by atoms with Gasteiger partial charge in [0.15, 0.2) is 5.13 Å². The summed E-state index contributed by atoms with van der Waals surface area (Å²) in [5.74, 6) is -0.225. The van der Waals surface area contributed by atoms with Crippen molar-refractivity contribution >= 4 is 54.4 Å². The van der Waals surface area contributed by atoms with Crippen LogP contribution < -0.4 is 4.90 Å². The fourth-order valence-electron chi connectivity index (χ4n) is 4.30. The average Bonchev–Trinajstić information content (AvgIpc) is 3.40. The molecule has 4 rings (SSSR count). The van der Waals surface area contributed by atoms with Crippen molar-refractivity contribution in [3.63, 3.8) is 0 Å². The summed E-state index contributed by atoms with van der Waals surface area (Å²) in [6.07, 6.45) is 2.03. The number of hydrogen-bond donors (Lipinski definition) is 0. The van der Waals surface area contributed by atoms with E-state index in [4.69, 9.17) is 19.2 Å². The predicted octanol–water partition coefficient (Wildman–Crippen LogP) is 3.28. The number of morpholine rings is 1. The number of rotatable bonds is 14. The standard InChI is InChI=1S/C27H36N4O6S3/c1-35-16-14-30(15-17-36-2)40(33,34)23-7-4-21(5-8-23)26(32)31(11-10-29-12-18-37-19-13-29)27-28-24-9-6-22(38-3)20-25(24)39-27/h4-9,20H,10-19H2,1-3H3. The van der Waals surface area contributed by atoms with E-state index in [-0.39, 0.29) is 37.1 Å². The molecular weight excluding hydrogens is 573 g/mol. The Kier molecular flexibility index (Phi) is 11.3. The van der Waals surface area contributed by atoms with Crippen LogP contribution in [0.3, 0.4) is 0 Å². The van der Waals surface area contributed by atoms with Gasteiger partial charge in [0.25, 0.3) is 5.91 Å². The second-order valence-electron chi connectivity index (χ2n) is 9.15. The highest BCUT2D eigenvalue weighted by Crippen LogP contribution is 2.32. The summed E-state index contributed by atoms with van der Waals surface area (Å²) in [6, 6.07) is 12.2. The largest absolute Gasteiger partial charge is 0.383 e. The fourth-order valence-corrected chi connectivity index (χ4v) is 7.25. The molecule has 0 saturated carbocycles. The number of thioether (sulfide) groups is 1. The fraction of sp³-hybridized carbons (Fsp3) is 0.481. The second-order valence-corrected chi connectivity index (χ2v) is 13.0. The van der Waals surface area contributed by atoms with Gasteiger partial charge in [-0.25, -0.2) is 13.4 Å². The van der Waals surface area contributed by atoms with E-state index in [0.29, 0.717) is 37.0 Å². The van der Waals surface area contributed by atoms with Crippen LogP contribution in [0.5, 0.6) is 0 Å². The third-order valence-electron chi connectivity index (χ3n) is 6.63. The SMILES string of the molecule is COCCN(CCOC)S(=O)(=O)c1ccc(C(=O)N(CCN2CCOCC2)c2nc3ccc(SC)cc3s2)cc1. The van der Waals surface area contributed by atoms with Crippen LogP contribution in [-0.2, 0) is 24.2 Å². The quantitative estimate of drug-likeness (QED) is 0.255. The van der Waals surface area contributed by atoms with Gasteiger partial charge < -0.3 is 14.2 Å². The molecule has 0 radical (unpaired) electrons. The Balaban J connectivity index is 1.59. The third kappa shape index (κ3) is 7.59. The molecule has 1 aliphatic rings. The number of sulfonamides is 1. The molecule has 40 heavy (non-hydrogen) atoms. The van der Waals surface area contributed by atoms with Crippen molar-refractivity contribution in [3.8, 4) is 0 Å². The highest BCUT2D eigenvalue weighted by molar-refractivity contribution is 7.98. The summed E-state index contributed by atoms with van der Waals surface area (Å²) in [5.41, 5.74) is 1.24. The maximum absolute atomic E-state index is 13.8. The molecule has 0 N–H and O–H groups in total. The Hall–Kier alpha value is -2.10. The molecule has 0 bridgehead atoms. The second kappa shape index (κ2) is 14.7. The van der Waals surface area contributed by atoms with Crippen LogP contribution in [0.4, 0.5) is 5.13 Å². The lowest BCUT2D eigenvalue weighted by Gasteiger charge is -2.29. The van der Waals surface area contributed by atoms with Crippen LogP contribution >= 0.6 is 23.1 Å². The number of fused-ring (bicyclic) bond motifs is 1. The van der Waals surface area contributed by atoms with Gasteiger partial charge in [-0.05, 0) is 48.7 Å². The minimum Gasteiger partial charge on any atom is -0.383 e. The molecule has 2 heterocycles. The predicted molar refractivity (Wildman–Crippen MR) is 159 cm³/mol. The molecule has 2 aromatic carbocycles. The summed E-state index contributed by atoms with van der Waals surface area (Å²) < 4.78 is 44.6. The lowest BCUT2D eigenvalue weighted by Crippen LogP contribution is -2.43. The van der Waals surface area contributed by atoms with E-state index in [9.17, 15) is 13.2 Å². The topological polar surface area (TPSA) is 102 Å². The molecule has 1 aliphatic heterocycles. The molecule has 0 unspecified atom stereocenters. The maximum Gasteiger partial charge on any atom is 0.260 e. The van der Waals surface area contributed by atoms with Crippen LogP contribution in [0.25, 0.3) is 10.2 Å². The van der Waals surface area contributed by atoms with Gasteiger partial charge in [0, 0.05) is 63.9 Å². The number of benzene rings is 2. The highest BCUT2D eigenvalue weighted by Gasteiger charge is 2.26. The van der Waals surface area contributed by atoms with E-state index in [1.807, 2.05) is 18.4 Å². The summed E-state index contributed by atoms with van der Waals surface area (Å²) in [6.45, 7) is 5.04. The number of ether oxygens (including phenoxy) is 3. The average molecular weight is 609 g/mol. The first-order chi connectivity index (χ1) is 19.4. The molecule has 3 aromatic rings. The number of thiazole rings is 1. The Morgan fingerprint density at radius 2 is 1.73 bits per heavy atom. The molecule has 1 saturated heterocycles. The van der Waals surface area contributed by atoms with Gasteiger partial charge in [-0.3, -0.25) is 14.6 Å². The van der Waals surface area contributed by atoms with Gasteiger partial charge in [-0.1, -0.05) is 11.3 Å². The molecule has 1 amide bonds.